The Balaban J connectivity index is 1.59. The first-order valence-electron chi connectivity index (χ1n) is 8.12. The van der Waals surface area contributed by atoms with Gasteiger partial charge in [-0.05, 0) is 42.5 Å². The molecule has 134 valence electrons. The zero-order valence-electron chi connectivity index (χ0n) is 14.4. The Morgan fingerprint density at radius 1 is 1.27 bits per heavy atom. The van der Waals surface area contributed by atoms with Crippen molar-refractivity contribution in [2.24, 2.45) is 0 Å². The first-order chi connectivity index (χ1) is 12.6. The molecule has 1 N–H and O–H groups in total. The number of ether oxygens (including phenoxy) is 1. The Bertz CT molecular complexity index is 917. The van der Waals surface area contributed by atoms with Gasteiger partial charge < -0.3 is 10.1 Å². The Labute approximate surface area is 159 Å². The molecule has 2 heterocycles. The number of thiophene rings is 1. The van der Waals surface area contributed by atoms with Gasteiger partial charge in [-0.2, -0.15) is 11.3 Å². The Kier molecular flexibility index (Phi) is 5.80. The van der Waals surface area contributed by atoms with Gasteiger partial charge in [-0.1, -0.05) is 19.1 Å². The summed E-state index contributed by atoms with van der Waals surface area (Å²) in [4.78, 5) is 29.1. The fourth-order valence-electron chi connectivity index (χ4n) is 2.36. The van der Waals surface area contributed by atoms with Crippen LogP contribution in [-0.2, 0) is 16.0 Å². The highest BCUT2D eigenvalue weighted by molar-refractivity contribution is 7.17. The zero-order valence-corrected chi connectivity index (χ0v) is 16.1. The molecular formula is C19H18N2O3S2. The van der Waals surface area contributed by atoms with Crippen LogP contribution in [0.4, 0.5) is 5.69 Å². The lowest BCUT2D eigenvalue weighted by Gasteiger charge is -2.07. The lowest BCUT2D eigenvalue weighted by Crippen LogP contribution is -2.20. The van der Waals surface area contributed by atoms with E-state index < -0.39 is 5.97 Å². The van der Waals surface area contributed by atoms with Crippen LogP contribution >= 0.6 is 22.7 Å². The van der Waals surface area contributed by atoms with Crippen molar-refractivity contribution in [2.75, 3.05) is 11.9 Å². The number of esters is 1. The van der Waals surface area contributed by atoms with Crippen LogP contribution < -0.4 is 5.32 Å². The van der Waals surface area contributed by atoms with Crippen molar-refractivity contribution >= 4 is 40.2 Å². The van der Waals surface area contributed by atoms with Crippen molar-refractivity contribution in [3.8, 4) is 10.6 Å². The van der Waals surface area contributed by atoms with E-state index in [1.807, 2.05) is 41.9 Å². The number of anilines is 1. The summed E-state index contributed by atoms with van der Waals surface area (Å²) in [5.41, 5.74) is 3.41. The van der Waals surface area contributed by atoms with Gasteiger partial charge >= 0.3 is 5.97 Å². The normalized spacial score (nSPS) is 10.5. The van der Waals surface area contributed by atoms with Crippen LogP contribution in [0.25, 0.3) is 10.6 Å². The highest BCUT2D eigenvalue weighted by atomic mass is 32.1. The first-order valence-corrected chi connectivity index (χ1v) is 9.88. The minimum absolute atomic E-state index is 0.333. The standard InChI is InChI=1S/C19H18N2O3S2/c1-3-13-5-4-6-15(9-13)21-16(22)10-24-19(23)17-12(2)20-18(26-17)14-7-8-25-11-14/h4-9,11H,3,10H2,1-2H3,(H,21,22). The quantitative estimate of drug-likeness (QED) is 0.632. The summed E-state index contributed by atoms with van der Waals surface area (Å²) in [5.74, 6) is -0.897. The van der Waals surface area contributed by atoms with Gasteiger partial charge in [0.2, 0.25) is 0 Å². The van der Waals surface area contributed by atoms with E-state index in [2.05, 4.69) is 10.3 Å². The molecule has 3 aromatic rings. The van der Waals surface area contributed by atoms with Crippen LogP contribution in [0.3, 0.4) is 0 Å². The number of rotatable bonds is 6. The third-order valence-electron chi connectivity index (χ3n) is 3.70. The molecule has 0 aliphatic carbocycles. The average molecular weight is 386 g/mol. The number of benzene rings is 1. The molecule has 26 heavy (non-hydrogen) atoms. The van der Waals surface area contributed by atoms with Crippen molar-refractivity contribution in [1.82, 2.24) is 4.98 Å². The summed E-state index contributed by atoms with van der Waals surface area (Å²) < 4.78 is 5.15. The van der Waals surface area contributed by atoms with Gasteiger partial charge in [0.1, 0.15) is 9.88 Å². The van der Waals surface area contributed by atoms with Crippen molar-refractivity contribution in [3.05, 3.63) is 57.2 Å². The third-order valence-corrected chi connectivity index (χ3v) is 5.57. The van der Waals surface area contributed by atoms with Crippen LogP contribution in [-0.4, -0.2) is 23.5 Å². The molecule has 2 aromatic heterocycles. The molecule has 0 aliphatic heterocycles. The summed E-state index contributed by atoms with van der Waals surface area (Å²) in [7, 11) is 0. The third kappa shape index (κ3) is 4.36. The molecule has 3 rings (SSSR count). The second-order valence-electron chi connectivity index (χ2n) is 5.62. The monoisotopic (exact) mass is 386 g/mol. The minimum Gasteiger partial charge on any atom is -0.451 e. The molecule has 0 atom stereocenters. The Hall–Kier alpha value is -2.51. The van der Waals surface area contributed by atoms with Gasteiger partial charge in [0.25, 0.3) is 5.91 Å². The molecule has 0 spiro atoms. The number of carbonyl (C=O) groups excluding carboxylic acids is 2. The van der Waals surface area contributed by atoms with E-state index in [9.17, 15) is 9.59 Å². The molecule has 1 aromatic carbocycles. The maximum Gasteiger partial charge on any atom is 0.350 e. The average Bonchev–Trinajstić information content (AvgIpc) is 3.29. The van der Waals surface area contributed by atoms with Gasteiger partial charge in [0, 0.05) is 16.6 Å². The van der Waals surface area contributed by atoms with Crippen LogP contribution in [0.2, 0.25) is 0 Å². The summed E-state index contributed by atoms with van der Waals surface area (Å²) in [6, 6.07) is 9.54. The van der Waals surface area contributed by atoms with Crippen molar-refractivity contribution < 1.29 is 14.3 Å². The van der Waals surface area contributed by atoms with Gasteiger partial charge in [0.05, 0.1) is 5.69 Å². The molecule has 0 bridgehead atoms. The Morgan fingerprint density at radius 3 is 2.85 bits per heavy atom. The largest absolute Gasteiger partial charge is 0.451 e. The smallest absolute Gasteiger partial charge is 0.350 e. The van der Waals surface area contributed by atoms with E-state index in [4.69, 9.17) is 4.74 Å². The van der Waals surface area contributed by atoms with E-state index in [0.29, 0.717) is 16.3 Å². The van der Waals surface area contributed by atoms with Crippen LogP contribution in [0.15, 0.2) is 41.1 Å². The Morgan fingerprint density at radius 2 is 2.12 bits per heavy atom. The highest BCUT2D eigenvalue weighted by Gasteiger charge is 2.19. The number of hydrogen-bond acceptors (Lipinski definition) is 6. The van der Waals surface area contributed by atoms with E-state index in [1.165, 1.54) is 11.3 Å². The number of aromatic nitrogens is 1. The van der Waals surface area contributed by atoms with Crippen molar-refractivity contribution in [3.63, 3.8) is 0 Å². The van der Waals surface area contributed by atoms with Crippen molar-refractivity contribution in [2.45, 2.75) is 20.3 Å². The summed E-state index contributed by atoms with van der Waals surface area (Å²) in [6.07, 6.45) is 0.885. The fourth-order valence-corrected chi connectivity index (χ4v) is 4.03. The molecule has 7 heteroatoms. The maximum atomic E-state index is 12.3. The molecule has 0 radical (unpaired) electrons. The summed E-state index contributed by atoms with van der Waals surface area (Å²) in [6.45, 7) is 3.48. The molecule has 1 amide bonds. The lowest BCUT2D eigenvalue weighted by atomic mass is 10.1. The van der Waals surface area contributed by atoms with Gasteiger partial charge in [-0.15, -0.1) is 11.3 Å². The number of amides is 1. The lowest BCUT2D eigenvalue weighted by molar-refractivity contribution is -0.119. The summed E-state index contributed by atoms with van der Waals surface area (Å²) in [5, 5.41) is 7.45. The van der Waals surface area contributed by atoms with E-state index in [0.717, 1.165) is 22.6 Å². The molecule has 5 nitrogen and oxygen atoms in total. The summed E-state index contributed by atoms with van der Waals surface area (Å²) >= 11 is 2.85. The van der Waals surface area contributed by atoms with Crippen LogP contribution in [0, 0.1) is 6.92 Å². The van der Waals surface area contributed by atoms with Gasteiger partial charge in [-0.25, -0.2) is 9.78 Å². The molecular weight excluding hydrogens is 368 g/mol. The predicted molar refractivity (Wildman–Crippen MR) is 105 cm³/mol. The fraction of sp³-hybridized carbons (Fsp3) is 0.211. The predicted octanol–water partition coefficient (Wildman–Crippen LogP) is 4.54. The zero-order chi connectivity index (χ0) is 18.5. The molecule has 0 saturated heterocycles. The maximum absolute atomic E-state index is 12.3. The number of hydrogen-bond donors (Lipinski definition) is 1. The second kappa shape index (κ2) is 8.25. The number of carbonyl (C=O) groups is 2. The van der Waals surface area contributed by atoms with E-state index in [1.54, 1.807) is 24.3 Å². The number of thiazole rings is 1. The van der Waals surface area contributed by atoms with Crippen LogP contribution in [0.5, 0.6) is 0 Å². The van der Waals surface area contributed by atoms with E-state index in [-0.39, 0.29) is 12.5 Å². The van der Waals surface area contributed by atoms with Crippen molar-refractivity contribution in [1.29, 1.82) is 0 Å². The number of nitrogens with zero attached hydrogens (tertiary/aromatic N) is 1. The molecule has 0 saturated carbocycles. The minimum atomic E-state index is -0.529. The highest BCUT2D eigenvalue weighted by Crippen LogP contribution is 2.29. The molecule has 0 unspecified atom stereocenters. The molecule has 0 fully saturated rings. The van der Waals surface area contributed by atoms with Crippen LogP contribution in [0.1, 0.15) is 27.9 Å². The number of aryl methyl sites for hydroxylation is 2. The molecule has 0 aliphatic rings. The number of nitrogens with one attached hydrogen (secondary N) is 1. The van der Waals surface area contributed by atoms with E-state index >= 15 is 0 Å². The second-order valence-corrected chi connectivity index (χ2v) is 7.40. The van der Waals surface area contributed by atoms with Gasteiger partial charge in [-0.3, -0.25) is 4.79 Å². The van der Waals surface area contributed by atoms with Gasteiger partial charge in [0.15, 0.2) is 6.61 Å². The SMILES string of the molecule is CCc1cccc(NC(=O)COC(=O)c2sc(-c3ccsc3)nc2C)c1. The first kappa shape index (κ1) is 18.3. The topological polar surface area (TPSA) is 68.3 Å².